The Bertz CT molecular complexity index is 907. The SMILES string of the molecule is CCCCCCCC/C=C\CCCCCCCCCCCC(=O)N[C@@H](COP(=O)([O-])OCC[N+](C)(C)C)[C@H](O)/C=C/CCCCCCCCCCC. The van der Waals surface area contributed by atoms with Crippen molar-refractivity contribution in [2.45, 2.75) is 206 Å². The molecule has 0 fully saturated rings. The van der Waals surface area contributed by atoms with Crippen molar-refractivity contribution < 1.29 is 32.9 Å². The molecule has 0 radical (unpaired) electrons. The Morgan fingerprint density at radius 3 is 1.50 bits per heavy atom. The van der Waals surface area contributed by atoms with Crippen molar-refractivity contribution in [3.63, 3.8) is 0 Å². The lowest BCUT2D eigenvalue weighted by molar-refractivity contribution is -0.870. The normalized spacial score (nSPS) is 14.7. The maximum Gasteiger partial charge on any atom is 0.268 e. The van der Waals surface area contributed by atoms with Crippen LogP contribution in [-0.4, -0.2) is 68.5 Å². The molecule has 0 saturated heterocycles. The second-order valence-electron chi connectivity index (χ2n) is 16.0. The molecule has 3 atom stereocenters. The van der Waals surface area contributed by atoms with Crippen LogP contribution in [0.1, 0.15) is 194 Å². The predicted molar refractivity (Wildman–Crippen MR) is 219 cm³/mol. The number of allylic oxidation sites excluding steroid dienone is 3. The van der Waals surface area contributed by atoms with Crippen molar-refractivity contribution in [3.8, 4) is 0 Å². The van der Waals surface area contributed by atoms with Crippen LogP contribution in [0.15, 0.2) is 24.3 Å². The van der Waals surface area contributed by atoms with E-state index in [1.54, 1.807) is 6.08 Å². The molecule has 52 heavy (non-hydrogen) atoms. The van der Waals surface area contributed by atoms with E-state index in [9.17, 15) is 19.4 Å². The quantitative estimate of drug-likeness (QED) is 0.0280. The zero-order valence-electron chi connectivity index (χ0n) is 34.8. The summed E-state index contributed by atoms with van der Waals surface area (Å²) in [6.45, 7) is 4.62. The molecule has 0 aliphatic heterocycles. The highest BCUT2D eigenvalue weighted by Crippen LogP contribution is 2.38. The van der Waals surface area contributed by atoms with Crippen LogP contribution in [0.5, 0.6) is 0 Å². The minimum absolute atomic E-state index is 0.000498. The van der Waals surface area contributed by atoms with E-state index in [1.807, 2.05) is 27.2 Å². The molecular weight excluding hydrogens is 671 g/mol. The van der Waals surface area contributed by atoms with Crippen molar-refractivity contribution >= 4 is 13.7 Å². The van der Waals surface area contributed by atoms with Crippen LogP contribution < -0.4 is 10.2 Å². The van der Waals surface area contributed by atoms with Crippen molar-refractivity contribution in [2.75, 3.05) is 40.9 Å². The van der Waals surface area contributed by atoms with Gasteiger partial charge in [-0.05, 0) is 44.9 Å². The number of phosphoric acid groups is 1. The van der Waals surface area contributed by atoms with Crippen LogP contribution in [0.3, 0.4) is 0 Å². The van der Waals surface area contributed by atoms with Gasteiger partial charge in [-0.15, -0.1) is 0 Å². The molecule has 0 heterocycles. The molecule has 2 N–H and O–H groups in total. The number of likely N-dealkylation sites (N-methyl/N-ethyl adjacent to an activating group) is 1. The molecule has 0 aromatic heterocycles. The molecule has 0 aromatic rings. The molecule has 0 rings (SSSR count). The molecule has 0 saturated carbocycles. The zero-order chi connectivity index (χ0) is 38.6. The number of carbonyl (C=O) groups is 1. The lowest BCUT2D eigenvalue weighted by Crippen LogP contribution is -2.45. The number of amides is 1. The summed E-state index contributed by atoms with van der Waals surface area (Å²) in [7, 11) is 1.26. The third-order valence-electron chi connectivity index (χ3n) is 9.66. The summed E-state index contributed by atoms with van der Waals surface area (Å²) in [6.07, 6.45) is 40.8. The average Bonchev–Trinajstić information content (AvgIpc) is 3.09. The highest BCUT2D eigenvalue weighted by Gasteiger charge is 2.23. The first kappa shape index (κ1) is 51.0. The van der Waals surface area contributed by atoms with E-state index in [4.69, 9.17) is 9.05 Å². The molecule has 1 unspecified atom stereocenters. The number of unbranched alkanes of at least 4 members (excludes halogenated alkanes) is 24. The highest BCUT2D eigenvalue weighted by atomic mass is 31.2. The van der Waals surface area contributed by atoms with Gasteiger partial charge in [0.25, 0.3) is 7.82 Å². The van der Waals surface area contributed by atoms with Gasteiger partial charge in [-0.25, -0.2) is 0 Å². The van der Waals surface area contributed by atoms with Gasteiger partial charge in [-0.2, -0.15) is 0 Å². The fourth-order valence-corrected chi connectivity index (χ4v) is 6.87. The monoisotopic (exact) mass is 757 g/mol. The van der Waals surface area contributed by atoms with Crippen LogP contribution in [0.2, 0.25) is 0 Å². The molecule has 0 aromatic carbocycles. The van der Waals surface area contributed by atoms with E-state index >= 15 is 0 Å². The van der Waals surface area contributed by atoms with Crippen LogP contribution in [0.4, 0.5) is 0 Å². The van der Waals surface area contributed by atoms with Crippen molar-refractivity contribution in [2.24, 2.45) is 0 Å². The molecule has 308 valence electrons. The first-order valence-corrected chi connectivity index (χ1v) is 23.2. The van der Waals surface area contributed by atoms with Crippen LogP contribution in [0.25, 0.3) is 0 Å². The third kappa shape index (κ3) is 37.3. The number of nitrogens with zero attached hydrogens (tertiary/aromatic N) is 1. The lowest BCUT2D eigenvalue weighted by atomic mass is 10.0. The molecule has 9 heteroatoms. The van der Waals surface area contributed by atoms with E-state index in [1.165, 1.54) is 135 Å². The van der Waals surface area contributed by atoms with E-state index in [-0.39, 0.29) is 19.1 Å². The number of phosphoric ester groups is 1. The number of aliphatic hydroxyl groups is 1. The van der Waals surface area contributed by atoms with Crippen LogP contribution >= 0.6 is 7.82 Å². The lowest BCUT2D eigenvalue weighted by Gasteiger charge is -2.29. The molecule has 0 aliphatic carbocycles. The summed E-state index contributed by atoms with van der Waals surface area (Å²) in [5.41, 5.74) is 0. The largest absolute Gasteiger partial charge is 0.756 e. The highest BCUT2D eigenvalue weighted by molar-refractivity contribution is 7.45. The van der Waals surface area contributed by atoms with Crippen molar-refractivity contribution in [3.05, 3.63) is 24.3 Å². The Labute approximate surface area is 322 Å². The van der Waals surface area contributed by atoms with Crippen molar-refractivity contribution in [1.82, 2.24) is 5.32 Å². The number of rotatable bonds is 39. The summed E-state index contributed by atoms with van der Waals surface area (Å²) in [4.78, 5) is 25.2. The first-order valence-electron chi connectivity index (χ1n) is 21.7. The van der Waals surface area contributed by atoms with Gasteiger partial charge in [0, 0.05) is 6.42 Å². The zero-order valence-corrected chi connectivity index (χ0v) is 35.7. The Morgan fingerprint density at radius 2 is 1.06 bits per heavy atom. The molecular formula is C43H85N2O6P. The maximum atomic E-state index is 12.8. The predicted octanol–water partition coefficient (Wildman–Crippen LogP) is 11.1. The van der Waals surface area contributed by atoms with E-state index in [0.717, 1.165) is 38.5 Å². The van der Waals surface area contributed by atoms with Gasteiger partial charge in [0.1, 0.15) is 13.2 Å². The van der Waals surface area contributed by atoms with Crippen LogP contribution in [0, 0.1) is 0 Å². The molecule has 0 aliphatic rings. The molecule has 1 amide bonds. The number of carbonyl (C=O) groups excluding carboxylic acids is 1. The Balaban J connectivity index is 4.36. The van der Waals surface area contributed by atoms with E-state index in [2.05, 4.69) is 31.3 Å². The number of quaternary nitrogens is 1. The number of hydrogen-bond acceptors (Lipinski definition) is 6. The minimum Gasteiger partial charge on any atom is -0.756 e. The average molecular weight is 757 g/mol. The van der Waals surface area contributed by atoms with E-state index < -0.39 is 20.0 Å². The number of hydrogen-bond donors (Lipinski definition) is 2. The Kier molecular flexibility index (Phi) is 35.0. The second-order valence-corrected chi connectivity index (χ2v) is 17.5. The summed E-state index contributed by atoms with van der Waals surface area (Å²) in [6, 6.07) is -0.882. The molecule has 0 spiro atoms. The minimum atomic E-state index is -4.58. The Morgan fingerprint density at radius 1 is 0.654 bits per heavy atom. The van der Waals surface area contributed by atoms with E-state index in [0.29, 0.717) is 17.4 Å². The maximum absolute atomic E-state index is 12.8. The van der Waals surface area contributed by atoms with Crippen molar-refractivity contribution in [1.29, 1.82) is 0 Å². The van der Waals surface area contributed by atoms with Gasteiger partial charge in [0.2, 0.25) is 5.91 Å². The summed E-state index contributed by atoms with van der Waals surface area (Å²) < 4.78 is 23.1. The Hall–Kier alpha value is -1.02. The standard InChI is InChI=1S/C43H85N2O6P/c1-6-8-10-12-14-16-18-19-20-21-22-23-24-25-27-29-31-33-35-37-43(47)44-41(40-51-52(48,49)50-39-38-45(3,4)5)42(46)36-34-32-30-28-26-17-15-13-11-9-7-2/h19-20,34,36,41-42,46H,6-18,21-33,35,37-40H2,1-5H3,(H-,44,47,48,49)/b20-19-,36-34+/t41-,42+/m0/s1. The smallest absolute Gasteiger partial charge is 0.268 e. The first-order chi connectivity index (χ1) is 25.0. The summed E-state index contributed by atoms with van der Waals surface area (Å²) in [5.74, 6) is -0.201. The second kappa shape index (κ2) is 35.7. The molecule has 8 nitrogen and oxygen atoms in total. The fourth-order valence-electron chi connectivity index (χ4n) is 6.15. The summed E-state index contributed by atoms with van der Waals surface area (Å²) >= 11 is 0. The third-order valence-corrected chi connectivity index (χ3v) is 10.6. The van der Waals surface area contributed by atoms with Gasteiger partial charge in [-0.3, -0.25) is 9.36 Å². The fraction of sp³-hybridized carbons (Fsp3) is 0.884. The van der Waals surface area contributed by atoms with Gasteiger partial charge >= 0.3 is 0 Å². The van der Waals surface area contributed by atoms with Gasteiger partial charge < -0.3 is 28.8 Å². The topological polar surface area (TPSA) is 108 Å². The van der Waals surface area contributed by atoms with Crippen LogP contribution in [-0.2, 0) is 18.4 Å². The summed E-state index contributed by atoms with van der Waals surface area (Å²) in [5, 5.41) is 13.7. The molecule has 0 bridgehead atoms. The number of aliphatic hydroxyl groups excluding tert-OH is 1. The van der Waals surface area contributed by atoms with Gasteiger partial charge in [0.15, 0.2) is 0 Å². The number of nitrogens with one attached hydrogen (secondary N) is 1. The van der Waals surface area contributed by atoms with Gasteiger partial charge in [-0.1, -0.05) is 167 Å². The van der Waals surface area contributed by atoms with Gasteiger partial charge in [0.05, 0.1) is 39.9 Å².